The summed E-state index contributed by atoms with van der Waals surface area (Å²) in [5.41, 5.74) is -1.39. The van der Waals surface area contributed by atoms with E-state index in [9.17, 15) is 58.3 Å². The number of thioether (sulfide) groups is 1. The Morgan fingerprint density at radius 3 is 2.22 bits per heavy atom. The van der Waals surface area contributed by atoms with E-state index in [1.54, 1.807) is 0 Å². The number of sulfone groups is 1. The van der Waals surface area contributed by atoms with Gasteiger partial charge in [0.2, 0.25) is 5.91 Å². The van der Waals surface area contributed by atoms with Crippen LogP contribution in [0.4, 0.5) is 42.1 Å². The maximum atomic E-state index is 13.6. The van der Waals surface area contributed by atoms with Gasteiger partial charge in [0.15, 0.2) is 9.84 Å². The number of nitrogens with zero attached hydrogens (tertiary/aromatic N) is 1. The number of carbonyl (C=O) groups is 1. The number of hydrogen-bond acceptors (Lipinski definition) is 7. The van der Waals surface area contributed by atoms with Crippen molar-refractivity contribution >= 4 is 49.7 Å². The lowest BCUT2D eigenvalue weighted by molar-refractivity contribution is -0.388. The maximum absolute atomic E-state index is 13.6. The first-order valence-corrected chi connectivity index (χ1v) is 13.1. The average molecular weight is 582 g/mol. The average Bonchev–Trinajstić information content (AvgIpc) is 2.71. The van der Waals surface area contributed by atoms with Crippen molar-refractivity contribution in [3.8, 4) is 0 Å². The van der Waals surface area contributed by atoms with Gasteiger partial charge in [-0.2, -0.15) is 30.7 Å². The van der Waals surface area contributed by atoms with Gasteiger partial charge in [-0.05, 0) is 42.1 Å². The number of amides is 1. The van der Waals surface area contributed by atoms with Crippen molar-refractivity contribution in [2.24, 2.45) is 0 Å². The molecule has 2 aromatic carbocycles. The predicted octanol–water partition coefficient (Wildman–Crippen LogP) is 4.63. The number of nitro benzene ring substituents is 1. The molecule has 1 N–H and O–H groups in total. The third kappa shape index (κ3) is 6.52. The Hall–Kier alpha value is -2.73. The minimum atomic E-state index is -6.54. The zero-order valence-corrected chi connectivity index (χ0v) is 20.0. The fraction of sp³-hybridized carbons (Fsp3) is 0.278. The molecule has 8 nitrogen and oxygen atoms in total. The van der Waals surface area contributed by atoms with Crippen LogP contribution in [-0.2, 0) is 25.4 Å². The zero-order chi connectivity index (χ0) is 27.7. The molecule has 1 atom stereocenters. The standard InChI is InChI=1S/C18H13F7N2O6S3/c1-35(31)12-5-6-14(13(8-12)27(29)30)36(32,33)9-15(28)26-10-3-2-4-11(7-10)34-18(24,25)16(19,20)17(21,22)23/h2-8H,9H2,1H3,(H,26,28). The quantitative estimate of drug-likeness (QED) is 0.198. The fourth-order valence-electron chi connectivity index (χ4n) is 2.54. The Morgan fingerprint density at radius 1 is 1.08 bits per heavy atom. The summed E-state index contributed by atoms with van der Waals surface area (Å²) in [6.07, 6.45) is -5.36. The summed E-state index contributed by atoms with van der Waals surface area (Å²) in [6.45, 7) is 0. The third-order valence-corrected chi connectivity index (χ3v) is 7.78. The van der Waals surface area contributed by atoms with Crippen LogP contribution in [0.1, 0.15) is 0 Å². The van der Waals surface area contributed by atoms with Gasteiger partial charge in [0, 0.05) is 27.8 Å². The van der Waals surface area contributed by atoms with Crippen molar-refractivity contribution in [1.29, 1.82) is 0 Å². The molecule has 0 heterocycles. The van der Waals surface area contributed by atoms with Crippen LogP contribution < -0.4 is 5.32 Å². The molecule has 1 amide bonds. The number of halogens is 7. The highest BCUT2D eigenvalue weighted by Gasteiger charge is 2.73. The molecule has 1 unspecified atom stereocenters. The summed E-state index contributed by atoms with van der Waals surface area (Å²) in [6, 6.07) is 5.83. The minimum absolute atomic E-state index is 0.0627. The molecular weight excluding hydrogens is 569 g/mol. The third-order valence-electron chi connectivity index (χ3n) is 4.20. The normalized spacial score (nSPS) is 13.8. The van der Waals surface area contributed by atoms with E-state index in [1.165, 1.54) is 6.26 Å². The summed E-state index contributed by atoms with van der Waals surface area (Å²) < 4.78 is 127. The van der Waals surface area contributed by atoms with Gasteiger partial charge in [0.25, 0.3) is 5.69 Å². The molecule has 198 valence electrons. The highest BCUT2D eigenvalue weighted by Crippen LogP contribution is 2.53. The van der Waals surface area contributed by atoms with E-state index in [-0.39, 0.29) is 4.90 Å². The van der Waals surface area contributed by atoms with Crippen molar-refractivity contribution in [2.75, 3.05) is 17.3 Å². The number of rotatable bonds is 9. The number of hydrogen-bond donors (Lipinski definition) is 1. The Labute approximate surface area is 204 Å². The lowest BCUT2D eigenvalue weighted by Gasteiger charge is -2.27. The van der Waals surface area contributed by atoms with Gasteiger partial charge in [-0.1, -0.05) is 6.07 Å². The molecule has 0 spiro atoms. The van der Waals surface area contributed by atoms with Crippen molar-refractivity contribution in [1.82, 2.24) is 0 Å². The molecule has 0 saturated heterocycles. The number of carbonyl (C=O) groups excluding carboxylic acids is 1. The lowest BCUT2D eigenvalue weighted by Crippen LogP contribution is -2.49. The topological polar surface area (TPSA) is 123 Å². The summed E-state index contributed by atoms with van der Waals surface area (Å²) in [7, 11) is -6.37. The van der Waals surface area contributed by atoms with E-state index >= 15 is 0 Å². The van der Waals surface area contributed by atoms with Crippen LogP contribution in [0.15, 0.2) is 57.2 Å². The van der Waals surface area contributed by atoms with Crippen LogP contribution in [0.3, 0.4) is 0 Å². The van der Waals surface area contributed by atoms with Crippen molar-refractivity contribution in [3.63, 3.8) is 0 Å². The lowest BCUT2D eigenvalue weighted by atomic mass is 10.3. The van der Waals surface area contributed by atoms with Crippen molar-refractivity contribution < 1.29 is 53.1 Å². The van der Waals surface area contributed by atoms with Gasteiger partial charge in [0.1, 0.15) is 10.6 Å². The minimum Gasteiger partial charge on any atom is -0.325 e. The first kappa shape index (κ1) is 29.5. The molecule has 36 heavy (non-hydrogen) atoms. The molecule has 0 bridgehead atoms. The van der Waals surface area contributed by atoms with Crippen molar-refractivity contribution in [2.45, 2.75) is 32.0 Å². The largest absolute Gasteiger partial charge is 0.460 e. The number of anilines is 1. The molecule has 0 fully saturated rings. The SMILES string of the molecule is CS(=O)c1ccc(S(=O)(=O)CC(=O)Nc2cccc(SC(F)(F)C(F)(F)C(F)(F)F)c2)c([N+](=O)[O-])c1. The van der Waals surface area contributed by atoms with Crippen LogP contribution in [0.2, 0.25) is 0 Å². The second-order valence-electron chi connectivity index (χ2n) is 6.87. The van der Waals surface area contributed by atoms with Gasteiger partial charge in [-0.15, -0.1) is 0 Å². The van der Waals surface area contributed by atoms with Crippen LogP contribution >= 0.6 is 11.8 Å². The molecule has 2 rings (SSSR count). The van der Waals surface area contributed by atoms with Gasteiger partial charge < -0.3 is 5.32 Å². The number of nitro groups is 1. The van der Waals surface area contributed by atoms with E-state index in [4.69, 9.17) is 0 Å². The first-order valence-electron chi connectivity index (χ1n) is 9.04. The smallest absolute Gasteiger partial charge is 0.325 e. The Balaban J connectivity index is 2.24. The highest BCUT2D eigenvalue weighted by atomic mass is 32.2. The van der Waals surface area contributed by atoms with Crippen LogP contribution in [0, 0.1) is 10.1 Å². The van der Waals surface area contributed by atoms with E-state index < -0.39 is 87.5 Å². The maximum Gasteiger partial charge on any atom is 0.460 e. The van der Waals surface area contributed by atoms with Crippen molar-refractivity contribution in [3.05, 3.63) is 52.6 Å². The van der Waals surface area contributed by atoms with E-state index in [0.717, 1.165) is 36.4 Å². The van der Waals surface area contributed by atoms with E-state index in [0.29, 0.717) is 6.07 Å². The van der Waals surface area contributed by atoms with Crippen LogP contribution in [0.5, 0.6) is 0 Å². The van der Waals surface area contributed by atoms with Crippen LogP contribution in [-0.4, -0.2) is 52.8 Å². The Morgan fingerprint density at radius 2 is 1.69 bits per heavy atom. The van der Waals surface area contributed by atoms with E-state index in [1.807, 2.05) is 5.32 Å². The molecule has 18 heteroatoms. The summed E-state index contributed by atoms with van der Waals surface area (Å²) in [4.78, 5) is 20.6. The molecular formula is C18H13F7N2O6S3. The van der Waals surface area contributed by atoms with Gasteiger partial charge in [0.05, 0.1) is 15.7 Å². The number of benzene rings is 2. The zero-order valence-electron chi connectivity index (χ0n) is 17.5. The molecule has 2 aromatic rings. The Bertz CT molecular complexity index is 1320. The molecule has 0 aromatic heterocycles. The van der Waals surface area contributed by atoms with Gasteiger partial charge in [-0.3, -0.25) is 19.1 Å². The van der Waals surface area contributed by atoms with Gasteiger partial charge in [-0.25, -0.2) is 8.42 Å². The molecule has 0 aliphatic heterocycles. The highest BCUT2D eigenvalue weighted by molar-refractivity contribution is 8.00. The van der Waals surface area contributed by atoms with Crippen LogP contribution in [0.25, 0.3) is 0 Å². The monoisotopic (exact) mass is 582 g/mol. The molecule has 0 aliphatic carbocycles. The van der Waals surface area contributed by atoms with Gasteiger partial charge >= 0.3 is 17.4 Å². The number of nitrogens with one attached hydrogen (secondary N) is 1. The molecule has 0 saturated carbocycles. The van der Waals surface area contributed by atoms with E-state index in [2.05, 4.69) is 0 Å². The molecule has 0 aliphatic rings. The summed E-state index contributed by atoms with van der Waals surface area (Å²) in [5, 5.41) is 7.57. The second-order valence-corrected chi connectivity index (χ2v) is 11.4. The summed E-state index contributed by atoms with van der Waals surface area (Å²) in [5.74, 6) is -9.10. The fourth-order valence-corrected chi connectivity index (χ4v) is 5.25. The number of alkyl halides is 7. The first-order chi connectivity index (χ1) is 16.3. The Kier molecular flexibility index (Phi) is 8.46. The predicted molar refractivity (Wildman–Crippen MR) is 114 cm³/mol. The second kappa shape index (κ2) is 10.3. The summed E-state index contributed by atoms with van der Waals surface area (Å²) >= 11 is -1.13. The molecule has 0 radical (unpaired) electrons.